The van der Waals surface area contributed by atoms with E-state index >= 15 is 0 Å². The fraction of sp³-hybridized carbons (Fsp3) is 0.269. The number of nitrogens with zero attached hydrogens (tertiary/aromatic N) is 3. The number of aromatic nitrogens is 2. The molecule has 0 N–H and O–H groups in total. The van der Waals surface area contributed by atoms with E-state index in [9.17, 15) is 22.0 Å². The van der Waals surface area contributed by atoms with Crippen LogP contribution in [0, 0.1) is 11.6 Å². The smallest absolute Gasteiger partial charge is 0.372 e. The SMILES string of the molecule is Fc1ccc(Cn2nc3c(C(F)(F)F)cccc3c2-c2cccc(N3CCCCC3)c2)c(F)c1. The van der Waals surface area contributed by atoms with Crippen LogP contribution in [0.3, 0.4) is 0 Å². The molecule has 0 unspecified atom stereocenters. The van der Waals surface area contributed by atoms with Gasteiger partial charge in [0.25, 0.3) is 0 Å². The molecule has 0 amide bonds. The highest BCUT2D eigenvalue weighted by Gasteiger charge is 2.34. The lowest BCUT2D eigenvalue weighted by molar-refractivity contribution is -0.136. The summed E-state index contributed by atoms with van der Waals surface area (Å²) in [6.45, 7) is 1.70. The number of benzene rings is 3. The Morgan fingerprint density at radius 3 is 2.35 bits per heavy atom. The second-order valence-corrected chi connectivity index (χ2v) is 8.54. The van der Waals surface area contributed by atoms with Crippen LogP contribution in [0.15, 0.2) is 60.7 Å². The van der Waals surface area contributed by atoms with Crippen LogP contribution in [0.25, 0.3) is 22.2 Å². The number of fused-ring (bicyclic) bond motifs is 1. The number of hydrogen-bond donors (Lipinski definition) is 0. The molecule has 0 bridgehead atoms. The standard InChI is InChI=1S/C26H22F5N3/c27-19-11-10-18(23(28)15-19)16-34-25(21-8-5-9-22(24(21)32-34)26(29,30)31)17-6-4-7-20(14-17)33-12-2-1-3-13-33/h4-11,14-15H,1-3,12-13,16H2. The van der Waals surface area contributed by atoms with Crippen molar-refractivity contribution in [2.45, 2.75) is 32.0 Å². The quantitative estimate of drug-likeness (QED) is 0.298. The second-order valence-electron chi connectivity index (χ2n) is 8.54. The molecule has 1 aliphatic rings. The Kier molecular flexibility index (Phi) is 5.75. The average Bonchev–Trinajstić information content (AvgIpc) is 3.19. The third-order valence-electron chi connectivity index (χ3n) is 6.25. The van der Waals surface area contributed by atoms with Gasteiger partial charge in [0.1, 0.15) is 17.2 Å². The molecule has 0 saturated carbocycles. The molecule has 3 aromatic carbocycles. The van der Waals surface area contributed by atoms with E-state index in [-0.39, 0.29) is 17.6 Å². The van der Waals surface area contributed by atoms with Gasteiger partial charge in [0.05, 0.1) is 17.8 Å². The number of rotatable bonds is 4. The summed E-state index contributed by atoms with van der Waals surface area (Å²) in [5.41, 5.74) is 1.22. The summed E-state index contributed by atoms with van der Waals surface area (Å²) < 4.78 is 70.5. The monoisotopic (exact) mass is 471 g/mol. The fourth-order valence-electron chi connectivity index (χ4n) is 4.61. The van der Waals surface area contributed by atoms with Crippen molar-refractivity contribution in [2.24, 2.45) is 0 Å². The molecule has 0 atom stereocenters. The molecule has 8 heteroatoms. The van der Waals surface area contributed by atoms with Crippen LogP contribution in [-0.2, 0) is 12.7 Å². The van der Waals surface area contributed by atoms with E-state index in [2.05, 4.69) is 10.00 Å². The predicted molar refractivity (Wildman–Crippen MR) is 122 cm³/mol. The molecule has 1 aromatic heterocycles. The van der Waals surface area contributed by atoms with Gasteiger partial charge in [-0.2, -0.15) is 18.3 Å². The Morgan fingerprint density at radius 1 is 0.853 bits per heavy atom. The molecular formula is C26H22F5N3. The van der Waals surface area contributed by atoms with Gasteiger partial charge < -0.3 is 4.90 Å². The van der Waals surface area contributed by atoms with Gasteiger partial charge in [0, 0.05) is 41.4 Å². The molecule has 0 radical (unpaired) electrons. The van der Waals surface area contributed by atoms with E-state index in [0.717, 1.165) is 49.8 Å². The largest absolute Gasteiger partial charge is 0.418 e. The highest BCUT2D eigenvalue weighted by atomic mass is 19.4. The fourth-order valence-corrected chi connectivity index (χ4v) is 4.61. The van der Waals surface area contributed by atoms with Crippen LogP contribution >= 0.6 is 0 Å². The van der Waals surface area contributed by atoms with Crippen LogP contribution in [0.1, 0.15) is 30.4 Å². The molecule has 1 aliphatic heterocycles. The number of alkyl halides is 3. The van der Waals surface area contributed by atoms with Gasteiger partial charge in [-0.1, -0.05) is 30.3 Å². The molecule has 0 aliphatic carbocycles. The van der Waals surface area contributed by atoms with Crippen LogP contribution in [0.5, 0.6) is 0 Å². The molecule has 5 rings (SSSR count). The highest BCUT2D eigenvalue weighted by molar-refractivity contribution is 5.95. The molecule has 1 saturated heterocycles. The first-order chi connectivity index (χ1) is 16.3. The van der Waals surface area contributed by atoms with Gasteiger partial charge >= 0.3 is 6.18 Å². The maximum Gasteiger partial charge on any atom is 0.418 e. The van der Waals surface area contributed by atoms with Crippen molar-refractivity contribution in [3.8, 4) is 11.3 Å². The first kappa shape index (κ1) is 22.4. The lowest BCUT2D eigenvalue weighted by Crippen LogP contribution is -2.29. The Hall–Kier alpha value is -3.42. The molecule has 0 spiro atoms. The van der Waals surface area contributed by atoms with Crippen molar-refractivity contribution in [1.29, 1.82) is 0 Å². The summed E-state index contributed by atoms with van der Waals surface area (Å²) >= 11 is 0. The van der Waals surface area contributed by atoms with Crippen LogP contribution < -0.4 is 4.90 Å². The summed E-state index contributed by atoms with van der Waals surface area (Å²) in [6.07, 6.45) is -1.24. The normalized spacial score (nSPS) is 14.7. The third kappa shape index (κ3) is 4.24. The maximum absolute atomic E-state index is 14.4. The first-order valence-corrected chi connectivity index (χ1v) is 11.2. The Labute approximate surface area is 193 Å². The van der Waals surface area contributed by atoms with E-state index in [1.54, 1.807) is 6.07 Å². The summed E-state index contributed by atoms with van der Waals surface area (Å²) in [5.74, 6) is -1.50. The average molecular weight is 471 g/mol. The molecular weight excluding hydrogens is 449 g/mol. The minimum absolute atomic E-state index is 0.135. The second kappa shape index (κ2) is 8.74. The first-order valence-electron chi connectivity index (χ1n) is 11.2. The van der Waals surface area contributed by atoms with Crippen molar-refractivity contribution >= 4 is 16.6 Å². The van der Waals surface area contributed by atoms with E-state index in [1.165, 1.54) is 23.2 Å². The van der Waals surface area contributed by atoms with Crippen molar-refractivity contribution in [3.05, 3.63) is 83.4 Å². The maximum atomic E-state index is 14.4. The van der Waals surface area contributed by atoms with Gasteiger partial charge in [-0.05, 0) is 43.5 Å². The number of hydrogen-bond acceptors (Lipinski definition) is 2. The van der Waals surface area contributed by atoms with Crippen molar-refractivity contribution in [1.82, 2.24) is 9.78 Å². The van der Waals surface area contributed by atoms with E-state index < -0.39 is 23.4 Å². The Bertz CT molecular complexity index is 1340. The van der Waals surface area contributed by atoms with Gasteiger partial charge in [-0.3, -0.25) is 4.68 Å². The van der Waals surface area contributed by atoms with Gasteiger partial charge in [0.2, 0.25) is 0 Å². The lowest BCUT2D eigenvalue weighted by atomic mass is 10.0. The molecule has 2 heterocycles. The number of halogens is 5. The third-order valence-corrected chi connectivity index (χ3v) is 6.25. The summed E-state index contributed by atoms with van der Waals surface area (Å²) in [4.78, 5) is 2.26. The van der Waals surface area contributed by atoms with Crippen molar-refractivity contribution < 1.29 is 22.0 Å². The van der Waals surface area contributed by atoms with Crippen LogP contribution in [-0.4, -0.2) is 22.9 Å². The molecule has 3 nitrogen and oxygen atoms in total. The predicted octanol–water partition coefficient (Wildman–Crippen LogP) is 7.04. The molecule has 4 aromatic rings. The number of anilines is 1. The minimum Gasteiger partial charge on any atom is -0.372 e. The topological polar surface area (TPSA) is 21.1 Å². The molecule has 1 fully saturated rings. The molecule has 34 heavy (non-hydrogen) atoms. The van der Waals surface area contributed by atoms with Gasteiger partial charge in [0.15, 0.2) is 0 Å². The summed E-state index contributed by atoms with van der Waals surface area (Å²) in [5, 5.41) is 4.61. The zero-order valence-electron chi connectivity index (χ0n) is 18.2. The zero-order valence-corrected chi connectivity index (χ0v) is 18.2. The van der Waals surface area contributed by atoms with Crippen LogP contribution in [0.4, 0.5) is 27.6 Å². The Morgan fingerprint density at radius 2 is 1.62 bits per heavy atom. The zero-order chi connectivity index (χ0) is 23.9. The van der Waals surface area contributed by atoms with Crippen molar-refractivity contribution in [3.63, 3.8) is 0 Å². The van der Waals surface area contributed by atoms with Gasteiger partial charge in [-0.25, -0.2) is 8.78 Å². The van der Waals surface area contributed by atoms with Crippen molar-refractivity contribution in [2.75, 3.05) is 18.0 Å². The van der Waals surface area contributed by atoms with E-state index in [0.29, 0.717) is 16.6 Å². The van der Waals surface area contributed by atoms with E-state index in [4.69, 9.17) is 0 Å². The van der Waals surface area contributed by atoms with E-state index in [1.807, 2.05) is 24.3 Å². The van der Waals surface area contributed by atoms with Crippen LogP contribution in [0.2, 0.25) is 0 Å². The Balaban J connectivity index is 1.68. The summed E-state index contributed by atoms with van der Waals surface area (Å²) in [7, 11) is 0. The van der Waals surface area contributed by atoms with Gasteiger partial charge in [-0.15, -0.1) is 0 Å². The summed E-state index contributed by atoms with van der Waals surface area (Å²) in [6, 6.07) is 14.7. The minimum atomic E-state index is -4.59. The molecule has 176 valence electrons. The number of piperidine rings is 1. The highest BCUT2D eigenvalue weighted by Crippen LogP contribution is 2.39. The lowest BCUT2D eigenvalue weighted by Gasteiger charge is -2.29.